The van der Waals surface area contributed by atoms with E-state index < -0.39 is 23.2 Å². The number of nitrogens with one attached hydrogen (secondary N) is 2. The van der Waals surface area contributed by atoms with Crippen LogP contribution in [0.4, 0.5) is 14.5 Å². The Bertz CT molecular complexity index is 395. The van der Waals surface area contributed by atoms with Gasteiger partial charge in [-0.3, -0.25) is 4.79 Å². The molecule has 0 aliphatic rings. The van der Waals surface area contributed by atoms with Crippen LogP contribution in [0.15, 0.2) is 18.2 Å². The van der Waals surface area contributed by atoms with Gasteiger partial charge < -0.3 is 10.6 Å². The molecule has 0 saturated carbocycles. The van der Waals surface area contributed by atoms with Crippen LogP contribution in [-0.4, -0.2) is 30.5 Å². The van der Waals surface area contributed by atoms with Crippen LogP contribution in [0.1, 0.15) is 6.92 Å². The van der Waals surface area contributed by atoms with E-state index in [-0.39, 0.29) is 12.6 Å². The van der Waals surface area contributed by atoms with Crippen molar-refractivity contribution in [2.75, 3.05) is 23.9 Å². The van der Waals surface area contributed by atoms with E-state index in [1.807, 2.05) is 13.2 Å². The van der Waals surface area contributed by atoms with Crippen LogP contribution in [0.5, 0.6) is 0 Å². The monoisotopic (exact) mass is 274 g/mol. The predicted octanol–water partition coefficient (Wildman–Crippen LogP) is 2.24. The van der Waals surface area contributed by atoms with Crippen LogP contribution < -0.4 is 10.6 Å². The van der Waals surface area contributed by atoms with Gasteiger partial charge in [0.2, 0.25) is 5.91 Å². The van der Waals surface area contributed by atoms with Gasteiger partial charge in [0.15, 0.2) is 0 Å². The third-order valence-electron chi connectivity index (χ3n) is 2.25. The van der Waals surface area contributed by atoms with Crippen LogP contribution in [-0.2, 0) is 4.79 Å². The highest BCUT2D eigenvalue weighted by Gasteiger charge is 2.12. The first-order chi connectivity index (χ1) is 8.54. The number of hydrogen-bond donors (Lipinski definition) is 2. The van der Waals surface area contributed by atoms with Gasteiger partial charge in [0.1, 0.15) is 17.3 Å². The normalized spacial score (nSPS) is 12.2. The minimum absolute atomic E-state index is 0.0233. The van der Waals surface area contributed by atoms with E-state index >= 15 is 0 Å². The summed E-state index contributed by atoms with van der Waals surface area (Å²) in [7, 11) is 0. The molecule has 0 heterocycles. The van der Waals surface area contributed by atoms with Gasteiger partial charge in [-0.2, -0.15) is 11.8 Å². The molecule has 2 N–H and O–H groups in total. The van der Waals surface area contributed by atoms with E-state index in [4.69, 9.17) is 0 Å². The molecule has 3 nitrogen and oxygen atoms in total. The molecule has 1 rings (SSSR count). The Morgan fingerprint density at radius 2 is 2.00 bits per heavy atom. The van der Waals surface area contributed by atoms with E-state index in [1.54, 1.807) is 11.8 Å². The minimum atomic E-state index is -0.777. The summed E-state index contributed by atoms with van der Waals surface area (Å²) in [6, 6.07) is 3.61. The van der Waals surface area contributed by atoms with Crippen molar-refractivity contribution in [1.82, 2.24) is 5.32 Å². The fourth-order valence-electron chi connectivity index (χ4n) is 1.38. The lowest BCUT2D eigenvalue weighted by molar-refractivity contribution is -0.115. The molecule has 0 radical (unpaired) electrons. The van der Waals surface area contributed by atoms with Crippen LogP contribution in [0, 0.1) is 11.6 Å². The van der Waals surface area contributed by atoms with Crippen molar-refractivity contribution >= 4 is 23.4 Å². The highest BCUT2D eigenvalue weighted by molar-refractivity contribution is 7.98. The molecule has 0 aliphatic heterocycles. The molecule has 1 aromatic rings. The number of para-hydroxylation sites is 1. The number of halogens is 2. The SMILES string of the molecule is CSCC(C)NCC(=O)Nc1c(F)cccc1F. The van der Waals surface area contributed by atoms with E-state index in [0.29, 0.717) is 0 Å². The average Bonchev–Trinajstić information content (AvgIpc) is 2.32. The van der Waals surface area contributed by atoms with Crippen LogP contribution in [0.25, 0.3) is 0 Å². The maximum atomic E-state index is 13.3. The van der Waals surface area contributed by atoms with Gasteiger partial charge in [-0.1, -0.05) is 6.07 Å². The Labute approximate surface area is 109 Å². The maximum absolute atomic E-state index is 13.3. The molecule has 1 amide bonds. The summed E-state index contributed by atoms with van der Waals surface area (Å²) in [5, 5.41) is 5.18. The zero-order chi connectivity index (χ0) is 13.5. The van der Waals surface area contributed by atoms with E-state index in [1.165, 1.54) is 6.07 Å². The summed E-state index contributed by atoms with van der Waals surface area (Å²) in [4.78, 5) is 11.5. The summed E-state index contributed by atoms with van der Waals surface area (Å²) < 4.78 is 26.5. The first-order valence-corrected chi connectivity index (χ1v) is 6.90. The highest BCUT2D eigenvalue weighted by Crippen LogP contribution is 2.17. The molecule has 0 aliphatic carbocycles. The Hall–Kier alpha value is -1.14. The summed E-state index contributed by atoms with van der Waals surface area (Å²) >= 11 is 1.66. The molecule has 100 valence electrons. The van der Waals surface area contributed by atoms with Gasteiger partial charge in [-0.25, -0.2) is 8.78 Å². The third-order valence-corrected chi connectivity index (χ3v) is 3.09. The second-order valence-electron chi connectivity index (χ2n) is 3.88. The molecule has 1 aromatic carbocycles. The van der Waals surface area contributed by atoms with Crippen molar-refractivity contribution in [2.24, 2.45) is 0 Å². The number of rotatable bonds is 6. The second kappa shape index (κ2) is 7.33. The Morgan fingerprint density at radius 1 is 1.39 bits per heavy atom. The standard InChI is InChI=1S/C12H16F2N2OS/c1-8(7-18-2)15-6-11(17)16-12-9(13)4-3-5-10(12)14/h3-5,8,15H,6-7H2,1-2H3,(H,16,17). The van der Waals surface area contributed by atoms with Crippen LogP contribution >= 0.6 is 11.8 Å². The van der Waals surface area contributed by atoms with Gasteiger partial charge in [0.05, 0.1) is 6.54 Å². The van der Waals surface area contributed by atoms with Crippen molar-refractivity contribution < 1.29 is 13.6 Å². The molecule has 1 atom stereocenters. The predicted molar refractivity (Wildman–Crippen MR) is 70.8 cm³/mol. The molecule has 18 heavy (non-hydrogen) atoms. The van der Waals surface area contributed by atoms with Gasteiger partial charge in [0.25, 0.3) is 0 Å². The smallest absolute Gasteiger partial charge is 0.238 e. The van der Waals surface area contributed by atoms with Crippen molar-refractivity contribution in [2.45, 2.75) is 13.0 Å². The lowest BCUT2D eigenvalue weighted by atomic mass is 10.3. The first kappa shape index (κ1) is 14.9. The number of hydrogen-bond acceptors (Lipinski definition) is 3. The number of benzene rings is 1. The number of thioether (sulfide) groups is 1. The highest BCUT2D eigenvalue weighted by atomic mass is 32.2. The number of anilines is 1. The van der Waals surface area contributed by atoms with E-state index in [9.17, 15) is 13.6 Å². The molecular weight excluding hydrogens is 258 g/mol. The lowest BCUT2D eigenvalue weighted by Gasteiger charge is -2.12. The molecular formula is C12H16F2N2OS. The Kier molecular flexibility index (Phi) is 6.07. The quantitative estimate of drug-likeness (QED) is 0.836. The molecule has 1 unspecified atom stereocenters. The number of carbonyl (C=O) groups is 1. The van der Waals surface area contributed by atoms with Crippen molar-refractivity contribution in [1.29, 1.82) is 0 Å². The maximum Gasteiger partial charge on any atom is 0.238 e. The van der Waals surface area contributed by atoms with Gasteiger partial charge in [0, 0.05) is 11.8 Å². The van der Waals surface area contributed by atoms with Gasteiger partial charge in [-0.15, -0.1) is 0 Å². The number of carbonyl (C=O) groups excluding carboxylic acids is 1. The number of amides is 1. The topological polar surface area (TPSA) is 41.1 Å². The fourth-order valence-corrected chi connectivity index (χ4v) is 1.99. The second-order valence-corrected chi connectivity index (χ2v) is 4.79. The van der Waals surface area contributed by atoms with Crippen molar-refractivity contribution in [3.63, 3.8) is 0 Å². The Morgan fingerprint density at radius 3 is 2.56 bits per heavy atom. The van der Waals surface area contributed by atoms with Crippen LogP contribution in [0.3, 0.4) is 0 Å². The largest absolute Gasteiger partial charge is 0.320 e. The molecule has 6 heteroatoms. The van der Waals surface area contributed by atoms with Gasteiger partial charge >= 0.3 is 0 Å². The van der Waals surface area contributed by atoms with Gasteiger partial charge in [-0.05, 0) is 25.3 Å². The molecule has 0 aromatic heterocycles. The zero-order valence-corrected chi connectivity index (χ0v) is 11.1. The van der Waals surface area contributed by atoms with Crippen molar-refractivity contribution in [3.05, 3.63) is 29.8 Å². The molecule has 0 saturated heterocycles. The molecule has 0 spiro atoms. The lowest BCUT2D eigenvalue weighted by Crippen LogP contribution is -2.36. The Balaban J connectivity index is 2.50. The zero-order valence-electron chi connectivity index (χ0n) is 10.3. The van der Waals surface area contributed by atoms with Crippen LogP contribution in [0.2, 0.25) is 0 Å². The third kappa shape index (κ3) is 4.62. The minimum Gasteiger partial charge on any atom is -0.320 e. The summed E-state index contributed by atoms with van der Waals surface area (Å²) in [5.74, 6) is -1.16. The fraction of sp³-hybridized carbons (Fsp3) is 0.417. The van der Waals surface area contributed by atoms with Crippen molar-refractivity contribution in [3.8, 4) is 0 Å². The van der Waals surface area contributed by atoms with E-state index in [2.05, 4.69) is 10.6 Å². The summed E-state index contributed by atoms with van der Waals surface area (Å²) in [6.45, 7) is 1.96. The van der Waals surface area contributed by atoms with E-state index in [0.717, 1.165) is 17.9 Å². The molecule has 0 bridgehead atoms. The summed E-state index contributed by atoms with van der Waals surface area (Å²) in [5.41, 5.74) is -0.401. The average molecular weight is 274 g/mol. The first-order valence-electron chi connectivity index (χ1n) is 5.50. The molecule has 0 fully saturated rings. The summed E-state index contributed by atoms with van der Waals surface area (Å²) in [6.07, 6.45) is 1.97.